The van der Waals surface area contributed by atoms with E-state index in [1.807, 2.05) is 30.3 Å². The monoisotopic (exact) mass is 334 g/mol. The molecular formula is C15H15BrN2S. The van der Waals surface area contributed by atoms with Crippen LogP contribution in [-0.4, -0.2) is 5.11 Å². The Kier molecular flexibility index (Phi) is 4.56. The third kappa shape index (κ3) is 4.04. The number of benzene rings is 2. The Bertz CT molecular complexity index is 611. The van der Waals surface area contributed by atoms with Crippen LogP contribution in [0.4, 0.5) is 11.4 Å². The molecule has 0 fully saturated rings. The Morgan fingerprint density at radius 2 is 1.63 bits per heavy atom. The average Bonchev–Trinajstić information content (AvgIpc) is 2.34. The predicted molar refractivity (Wildman–Crippen MR) is 89.9 cm³/mol. The first kappa shape index (κ1) is 14.0. The molecule has 0 unspecified atom stereocenters. The van der Waals surface area contributed by atoms with Gasteiger partial charge in [0.25, 0.3) is 0 Å². The van der Waals surface area contributed by atoms with Gasteiger partial charge in [0, 0.05) is 15.8 Å². The zero-order chi connectivity index (χ0) is 13.8. The van der Waals surface area contributed by atoms with Crippen molar-refractivity contribution in [2.75, 3.05) is 10.6 Å². The van der Waals surface area contributed by atoms with Gasteiger partial charge < -0.3 is 10.6 Å². The van der Waals surface area contributed by atoms with Crippen molar-refractivity contribution in [2.24, 2.45) is 0 Å². The molecule has 4 heteroatoms. The van der Waals surface area contributed by atoms with Crippen LogP contribution in [0.15, 0.2) is 46.9 Å². The van der Waals surface area contributed by atoms with Crippen LogP contribution < -0.4 is 10.6 Å². The minimum atomic E-state index is 0.585. The maximum Gasteiger partial charge on any atom is 0.175 e. The molecule has 0 atom stereocenters. The van der Waals surface area contributed by atoms with Crippen LogP contribution in [0, 0.1) is 13.8 Å². The van der Waals surface area contributed by atoms with Gasteiger partial charge in [-0.1, -0.05) is 28.1 Å². The number of nitrogens with one attached hydrogen (secondary N) is 2. The van der Waals surface area contributed by atoms with Crippen LogP contribution in [0.2, 0.25) is 0 Å². The highest BCUT2D eigenvalue weighted by atomic mass is 79.9. The van der Waals surface area contributed by atoms with E-state index in [2.05, 4.69) is 52.5 Å². The van der Waals surface area contributed by atoms with Gasteiger partial charge in [0.1, 0.15) is 0 Å². The molecule has 0 heterocycles. The van der Waals surface area contributed by atoms with Crippen LogP contribution in [0.3, 0.4) is 0 Å². The van der Waals surface area contributed by atoms with Gasteiger partial charge in [-0.2, -0.15) is 0 Å². The Hall–Kier alpha value is -1.39. The lowest BCUT2D eigenvalue weighted by atomic mass is 10.1. The predicted octanol–water partition coefficient (Wildman–Crippen LogP) is 4.87. The SMILES string of the molecule is Cc1ccc(NC(=S)Nc2cccc(Br)c2)cc1C. The van der Waals surface area contributed by atoms with Gasteiger partial charge >= 0.3 is 0 Å². The maximum absolute atomic E-state index is 5.30. The number of anilines is 2. The van der Waals surface area contributed by atoms with Crippen molar-refractivity contribution in [3.8, 4) is 0 Å². The molecule has 0 saturated carbocycles. The van der Waals surface area contributed by atoms with Crippen molar-refractivity contribution in [1.29, 1.82) is 0 Å². The lowest BCUT2D eigenvalue weighted by Crippen LogP contribution is -2.19. The van der Waals surface area contributed by atoms with Crippen LogP contribution in [0.25, 0.3) is 0 Å². The van der Waals surface area contributed by atoms with Gasteiger partial charge in [-0.15, -0.1) is 0 Å². The van der Waals surface area contributed by atoms with Crippen molar-refractivity contribution in [1.82, 2.24) is 0 Å². The van der Waals surface area contributed by atoms with Crippen LogP contribution in [-0.2, 0) is 0 Å². The zero-order valence-corrected chi connectivity index (χ0v) is 13.2. The fourth-order valence-electron chi connectivity index (χ4n) is 1.68. The average molecular weight is 335 g/mol. The van der Waals surface area contributed by atoms with Crippen LogP contribution in [0.1, 0.15) is 11.1 Å². The Labute approximate surface area is 127 Å². The second-order valence-electron chi connectivity index (χ2n) is 4.39. The number of hydrogen-bond acceptors (Lipinski definition) is 1. The standard InChI is InChI=1S/C15H15BrN2S/c1-10-6-7-14(8-11(10)2)18-15(19)17-13-5-3-4-12(16)9-13/h3-9H,1-2H3,(H2,17,18,19). The van der Waals surface area contributed by atoms with Crippen molar-refractivity contribution < 1.29 is 0 Å². The van der Waals surface area contributed by atoms with Gasteiger partial charge in [0.15, 0.2) is 5.11 Å². The smallest absolute Gasteiger partial charge is 0.175 e. The number of halogens is 1. The molecular weight excluding hydrogens is 320 g/mol. The first-order chi connectivity index (χ1) is 9.04. The van der Waals surface area contributed by atoms with E-state index in [9.17, 15) is 0 Å². The van der Waals surface area contributed by atoms with Crippen molar-refractivity contribution >= 4 is 44.6 Å². The third-order valence-electron chi connectivity index (χ3n) is 2.85. The second kappa shape index (κ2) is 6.17. The molecule has 0 amide bonds. The van der Waals surface area contributed by atoms with E-state index >= 15 is 0 Å². The molecule has 98 valence electrons. The summed E-state index contributed by atoms with van der Waals surface area (Å²) in [4.78, 5) is 0. The molecule has 2 aromatic carbocycles. The molecule has 2 rings (SSSR count). The minimum Gasteiger partial charge on any atom is -0.332 e. The summed E-state index contributed by atoms with van der Waals surface area (Å²) in [6, 6.07) is 14.1. The summed E-state index contributed by atoms with van der Waals surface area (Å²) in [7, 11) is 0. The first-order valence-electron chi connectivity index (χ1n) is 5.95. The molecule has 0 aliphatic rings. The van der Waals surface area contributed by atoms with Gasteiger partial charge in [0.05, 0.1) is 0 Å². The summed E-state index contributed by atoms with van der Waals surface area (Å²) in [6.07, 6.45) is 0. The van der Waals surface area contributed by atoms with Gasteiger partial charge in [0.2, 0.25) is 0 Å². The normalized spacial score (nSPS) is 10.1. The van der Waals surface area contributed by atoms with Crippen LogP contribution in [0.5, 0.6) is 0 Å². The minimum absolute atomic E-state index is 0.585. The number of hydrogen-bond donors (Lipinski definition) is 2. The summed E-state index contributed by atoms with van der Waals surface area (Å²) >= 11 is 8.73. The van der Waals surface area contributed by atoms with Gasteiger partial charge in [-0.05, 0) is 67.5 Å². The zero-order valence-electron chi connectivity index (χ0n) is 10.8. The molecule has 0 bridgehead atoms. The highest BCUT2D eigenvalue weighted by molar-refractivity contribution is 9.10. The van der Waals surface area contributed by atoms with E-state index in [-0.39, 0.29) is 0 Å². The number of aryl methyl sites for hydroxylation is 2. The highest BCUT2D eigenvalue weighted by Gasteiger charge is 2.01. The summed E-state index contributed by atoms with van der Waals surface area (Å²) in [5.41, 5.74) is 4.47. The molecule has 0 aliphatic carbocycles. The molecule has 19 heavy (non-hydrogen) atoms. The molecule has 0 aliphatic heterocycles. The second-order valence-corrected chi connectivity index (χ2v) is 5.71. The highest BCUT2D eigenvalue weighted by Crippen LogP contribution is 2.17. The summed E-state index contributed by atoms with van der Waals surface area (Å²) in [5.74, 6) is 0. The molecule has 0 spiro atoms. The maximum atomic E-state index is 5.30. The molecule has 0 radical (unpaired) electrons. The van der Waals surface area contributed by atoms with E-state index in [4.69, 9.17) is 12.2 Å². The van der Waals surface area contributed by atoms with E-state index in [0.717, 1.165) is 15.8 Å². The molecule has 2 aromatic rings. The number of thiocarbonyl (C=S) groups is 1. The van der Waals surface area contributed by atoms with Crippen molar-refractivity contribution in [3.63, 3.8) is 0 Å². The van der Waals surface area contributed by atoms with Gasteiger partial charge in [-0.3, -0.25) is 0 Å². The topological polar surface area (TPSA) is 24.1 Å². The Morgan fingerprint density at radius 1 is 0.947 bits per heavy atom. The van der Waals surface area contributed by atoms with Crippen LogP contribution >= 0.6 is 28.1 Å². The van der Waals surface area contributed by atoms with Crippen molar-refractivity contribution in [2.45, 2.75) is 13.8 Å². The largest absolute Gasteiger partial charge is 0.332 e. The lowest BCUT2D eigenvalue weighted by Gasteiger charge is -2.12. The third-order valence-corrected chi connectivity index (χ3v) is 3.54. The summed E-state index contributed by atoms with van der Waals surface area (Å²) in [5, 5.41) is 6.92. The van der Waals surface area contributed by atoms with E-state index in [1.54, 1.807) is 0 Å². The van der Waals surface area contributed by atoms with E-state index < -0.39 is 0 Å². The fraction of sp³-hybridized carbons (Fsp3) is 0.133. The number of rotatable bonds is 2. The Morgan fingerprint density at radius 3 is 2.26 bits per heavy atom. The summed E-state index contributed by atoms with van der Waals surface area (Å²) in [6.45, 7) is 4.18. The van der Waals surface area contributed by atoms with E-state index in [1.165, 1.54) is 11.1 Å². The van der Waals surface area contributed by atoms with E-state index in [0.29, 0.717) is 5.11 Å². The Balaban J connectivity index is 2.03. The fourth-order valence-corrected chi connectivity index (χ4v) is 2.31. The summed E-state index contributed by atoms with van der Waals surface area (Å²) < 4.78 is 1.02. The molecule has 2 N–H and O–H groups in total. The van der Waals surface area contributed by atoms with Crippen molar-refractivity contribution in [3.05, 3.63) is 58.1 Å². The quantitative estimate of drug-likeness (QED) is 0.765. The molecule has 0 saturated heterocycles. The lowest BCUT2D eigenvalue weighted by molar-refractivity contribution is 1.34. The molecule has 0 aromatic heterocycles. The van der Waals surface area contributed by atoms with Gasteiger partial charge in [-0.25, -0.2) is 0 Å². The molecule has 2 nitrogen and oxygen atoms in total. The first-order valence-corrected chi connectivity index (χ1v) is 7.15.